The fourth-order valence-corrected chi connectivity index (χ4v) is 3.76. The molecule has 0 aromatic heterocycles. The molecule has 31 heavy (non-hydrogen) atoms. The molecule has 168 valence electrons. The van der Waals surface area contributed by atoms with Gasteiger partial charge >= 0.3 is 0 Å². The summed E-state index contributed by atoms with van der Waals surface area (Å²) >= 11 is 0. The van der Waals surface area contributed by atoms with E-state index in [1.54, 1.807) is 14.2 Å². The third kappa shape index (κ3) is 7.26. The van der Waals surface area contributed by atoms with Gasteiger partial charge in [0.05, 0.1) is 12.7 Å². The molecule has 0 aliphatic carbocycles. The molecule has 1 aliphatic rings. The summed E-state index contributed by atoms with van der Waals surface area (Å²) in [6.07, 6.45) is 2.37. The van der Waals surface area contributed by atoms with Gasteiger partial charge in [-0.05, 0) is 43.0 Å². The molecule has 2 aromatic carbocycles. The minimum Gasteiger partial charge on any atom is -0.491 e. The van der Waals surface area contributed by atoms with Crippen LogP contribution >= 0.6 is 0 Å². The maximum absolute atomic E-state index is 6.14. The summed E-state index contributed by atoms with van der Waals surface area (Å²) in [4.78, 5) is 4.38. The van der Waals surface area contributed by atoms with Gasteiger partial charge in [-0.3, -0.25) is 4.99 Å². The van der Waals surface area contributed by atoms with Crippen LogP contribution in [0, 0.1) is 12.8 Å². The minimum absolute atomic E-state index is 0.130. The molecule has 0 bridgehead atoms. The van der Waals surface area contributed by atoms with Crippen LogP contribution < -0.4 is 15.4 Å². The Morgan fingerprint density at radius 1 is 1.06 bits per heavy atom. The van der Waals surface area contributed by atoms with Gasteiger partial charge in [0.15, 0.2) is 5.96 Å². The first-order chi connectivity index (χ1) is 15.2. The van der Waals surface area contributed by atoms with E-state index in [4.69, 9.17) is 14.2 Å². The highest BCUT2D eigenvalue weighted by atomic mass is 16.5. The van der Waals surface area contributed by atoms with Crippen molar-refractivity contribution in [1.29, 1.82) is 0 Å². The number of nitrogens with one attached hydrogen (secondary N) is 2. The number of aryl methyl sites for hydroxylation is 1. The van der Waals surface area contributed by atoms with Gasteiger partial charge in [-0.1, -0.05) is 42.0 Å². The first-order valence-corrected chi connectivity index (χ1v) is 11.0. The van der Waals surface area contributed by atoms with Crippen molar-refractivity contribution in [3.05, 3.63) is 65.2 Å². The molecule has 1 saturated heterocycles. The zero-order valence-electron chi connectivity index (χ0n) is 18.9. The van der Waals surface area contributed by atoms with Crippen LogP contribution in [-0.4, -0.2) is 46.5 Å². The van der Waals surface area contributed by atoms with Gasteiger partial charge < -0.3 is 24.8 Å². The molecule has 1 fully saturated rings. The van der Waals surface area contributed by atoms with Crippen molar-refractivity contribution < 1.29 is 14.2 Å². The summed E-state index contributed by atoms with van der Waals surface area (Å²) in [6.45, 7) is 5.60. The molecular formula is C25H35N3O3. The number of methoxy groups -OCH3 is 1. The second-order valence-electron chi connectivity index (χ2n) is 7.90. The molecule has 2 aromatic rings. The molecule has 2 N–H and O–H groups in total. The van der Waals surface area contributed by atoms with Crippen LogP contribution in [0.25, 0.3) is 0 Å². The van der Waals surface area contributed by atoms with Gasteiger partial charge in [-0.2, -0.15) is 0 Å². The van der Waals surface area contributed by atoms with Crippen molar-refractivity contribution in [3.8, 4) is 5.75 Å². The zero-order valence-corrected chi connectivity index (χ0v) is 18.9. The largest absolute Gasteiger partial charge is 0.491 e. The van der Waals surface area contributed by atoms with E-state index in [0.717, 1.165) is 37.7 Å². The average Bonchev–Trinajstić information content (AvgIpc) is 2.81. The van der Waals surface area contributed by atoms with E-state index in [1.807, 2.05) is 12.1 Å². The number of rotatable bonds is 9. The first kappa shape index (κ1) is 23.1. The highest BCUT2D eigenvalue weighted by Gasteiger charge is 2.27. The van der Waals surface area contributed by atoms with Gasteiger partial charge in [0.25, 0.3) is 0 Å². The van der Waals surface area contributed by atoms with Gasteiger partial charge in [-0.25, -0.2) is 0 Å². The van der Waals surface area contributed by atoms with Gasteiger partial charge in [0.1, 0.15) is 12.4 Å². The number of aliphatic imine (C=N–C) groups is 1. The van der Waals surface area contributed by atoms with E-state index in [2.05, 4.69) is 58.9 Å². The molecular weight excluding hydrogens is 390 g/mol. The molecule has 6 heteroatoms. The second-order valence-corrected chi connectivity index (χ2v) is 7.90. The van der Waals surface area contributed by atoms with E-state index in [9.17, 15) is 0 Å². The van der Waals surface area contributed by atoms with Crippen molar-refractivity contribution in [2.24, 2.45) is 10.9 Å². The fraction of sp³-hybridized carbons (Fsp3) is 0.480. The quantitative estimate of drug-likeness (QED) is 0.363. The van der Waals surface area contributed by atoms with E-state index >= 15 is 0 Å². The standard InChI is InChI=1S/C25H35N3O3/c1-19-6-10-21(11-7-19)24-22(5-4-14-31-24)18-28-25(26-2)27-17-20-8-12-23(13-9-20)30-16-15-29-3/h6-13,22,24H,4-5,14-18H2,1-3H3,(H2,26,27,28). The first-order valence-electron chi connectivity index (χ1n) is 11.0. The lowest BCUT2D eigenvalue weighted by Crippen LogP contribution is -2.41. The van der Waals surface area contributed by atoms with Crippen molar-refractivity contribution in [2.75, 3.05) is 40.5 Å². The summed E-state index contributed by atoms with van der Waals surface area (Å²) in [7, 11) is 3.47. The molecule has 2 unspecified atom stereocenters. The molecule has 2 atom stereocenters. The van der Waals surface area contributed by atoms with Crippen LogP contribution in [0.2, 0.25) is 0 Å². The van der Waals surface area contributed by atoms with E-state index in [0.29, 0.717) is 25.7 Å². The van der Waals surface area contributed by atoms with E-state index in [1.165, 1.54) is 16.7 Å². The number of benzene rings is 2. The van der Waals surface area contributed by atoms with Crippen LogP contribution in [0.15, 0.2) is 53.5 Å². The number of guanidine groups is 1. The number of hydrogen-bond acceptors (Lipinski definition) is 4. The Bertz CT molecular complexity index is 806. The molecule has 3 rings (SSSR count). The topological polar surface area (TPSA) is 64.1 Å². The predicted molar refractivity (Wildman–Crippen MR) is 125 cm³/mol. The third-order valence-electron chi connectivity index (χ3n) is 5.55. The predicted octanol–water partition coefficient (Wildman–Crippen LogP) is 3.85. The molecule has 1 heterocycles. The summed E-state index contributed by atoms with van der Waals surface area (Å²) in [5, 5.41) is 6.88. The highest BCUT2D eigenvalue weighted by molar-refractivity contribution is 5.79. The fourth-order valence-electron chi connectivity index (χ4n) is 3.76. The molecule has 1 aliphatic heterocycles. The average molecular weight is 426 g/mol. The van der Waals surface area contributed by atoms with Gasteiger partial charge in [-0.15, -0.1) is 0 Å². The number of hydrogen-bond donors (Lipinski definition) is 2. The number of ether oxygens (including phenoxy) is 3. The lowest BCUT2D eigenvalue weighted by Gasteiger charge is -2.32. The van der Waals surface area contributed by atoms with Crippen molar-refractivity contribution in [2.45, 2.75) is 32.4 Å². The molecule has 0 radical (unpaired) electrons. The summed E-state index contributed by atoms with van der Waals surface area (Å²) in [5.74, 6) is 2.06. The van der Waals surface area contributed by atoms with Gasteiger partial charge in [0, 0.05) is 39.8 Å². The monoisotopic (exact) mass is 425 g/mol. The van der Waals surface area contributed by atoms with Gasteiger partial charge in [0.2, 0.25) is 0 Å². The maximum atomic E-state index is 6.14. The summed E-state index contributed by atoms with van der Waals surface area (Å²) in [5.41, 5.74) is 3.70. The second kappa shape index (κ2) is 12.3. The van der Waals surface area contributed by atoms with Crippen LogP contribution in [-0.2, 0) is 16.0 Å². The summed E-state index contributed by atoms with van der Waals surface area (Å²) < 4.78 is 16.8. The Hall–Kier alpha value is -2.57. The van der Waals surface area contributed by atoms with Crippen LogP contribution in [0.4, 0.5) is 0 Å². The Balaban J connectivity index is 1.48. The lowest BCUT2D eigenvalue weighted by molar-refractivity contribution is -0.0265. The van der Waals surface area contributed by atoms with E-state index < -0.39 is 0 Å². The van der Waals surface area contributed by atoms with Crippen molar-refractivity contribution in [3.63, 3.8) is 0 Å². The van der Waals surface area contributed by atoms with E-state index in [-0.39, 0.29) is 6.10 Å². The number of nitrogens with zero attached hydrogens (tertiary/aromatic N) is 1. The SMILES string of the molecule is CN=C(NCc1ccc(OCCOC)cc1)NCC1CCCOC1c1ccc(C)cc1. The molecule has 0 amide bonds. The van der Waals surface area contributed by atoms with Crippen molar-refractivity contribution in [1.82, 2.24) is 10.6 Å². The zero-order chi connectivity index (χ0) is 21.9. The van der Waals surface area contributed by atoms with Crippen LogP contribution in [0.1, 0.15) is 35.6 Å². The Labute approximate surface area is 186 Å². The minimum atomic E-state index is 0.130. The third-order valence-corrected chi connectivity index (χ3v) is 5.55. The molecule has 0 spiro atoms. The Morgan fingerprint density at radius 2 is 1.84 bits per heavy atom. The Morgan fingerprint density at radius 3 is 2.55 bits per heavy atom. The smallest absolute Gasteiger partial charge is 0.191 e. The Kier molecular flexibility index (Phi) is 9.18. The maximum Gasteiger partial charge on any atom is 0.191 e. The van der Waals surface area contributed by atoms with Crippen molar-refractivity contribution >= 4 is 5.96 Å². The van der Waals surface area contributed by atoms with Crippen LogP contribution in [0.5, 0.6) is 5.75 Å². The normalized spacial score (nSPS) is 19.1. The summed E-state index contributed by atoms with van der Waals surface area (Å²) in [6, 6.07) is 16.8. The highest BCUT2D eigenvalue weighted by Crippen LogP contribution is 2.33. The lowest BCUT2D eigenvalue weighted by atomic mass is 9.89. The molecule has 0 saturated carbocycles. The van der Waals surface area contributed by atoms with Crippen LogP contribution in [0.3, 0.4) is 0 Å². The molecule has 6 nitrogen and oxygen atoms in total.